The molecular formula is C13H16BrN3. The van der Waals surface area contributed by atoms with E-state index in [2.05, 4.69) is 32.6 Å². The van der Waals surface area contributed by atoms with E-state index in [9.17, 15) is 0 Å². The molecule has 90 valence electrons. The van der Waals surface area contributed by atoms with Crippen LogP contribution in [0, 0.1) is 11.3 Å². The lowest BCUT2D eigenvalue weighted by Gasteiger charge is -2.12. The largest absolute Gasteiger partial charge is 0.384 e. The number of rotatable bonds is 4. The zero-order valence-corrected chi connectivity index (χ0v) is 11.3. The van der Waals surface area contributed by atoms with Gasteiger partial charge in [-0.15, -0.1) is 0 Å². The molecule has 1 aliphatic rings. The van der Waals surface area contributed by atoms with E-state index in [1.807, 2.05) is 18.2 Å². The average molecular weight is 294 g/mol. The van der Waals surface area contributed by atoms with Crippen LogP contribution in [0.5, 0.6) is 0 Å². The number of nitriles is 1. The minimum Gasteiger partial charge on any atom is -0.384 e. The second-order valence-electron chi connectivity index (χ2n) is 4.28. The van der Waals surface area contributed by atoms with Gasteiger partial charge in [-0.2, -0.15) is 5.26 Å². The van der Waals surface area contributed by atoms with Crippen molar-refractivity contribution in [2.75, 3.05) is 18.4 Å². The molecule has 3 nitrogen and oxygen atoms in total. The SMILES string of the molecule is N#Cc1c(Br)cccc1NCC[C@H]1CCCN1. The molecular weight excluding hydrogens is 278 g/mol. The van der Waals surface area contributed by atoms with Gasteiger partial charge in [-0.05, 0) is 53.9 Å². The summed E-state index contributed by atoms with van der Waals surface area (Å²) in [4.78, 5) is 0. The summed E-state index contributed by atoms with van der Waals surface area (Å²) in [5.41, 5.74) is 1.60. The molecule has 1 atom stereocenters. The van der Waals surface area contributed by atoms with E-state index < -0.39 is 0 Å². The Hall–Kier alpha value is -1.05. The Bertz CT molecular complexity index is 419. The molecule has 0 bridgehead atoms. The molecule has 2 rings (SSSR count). The van der Waals surface area contributed by atoms with Gasteiger partial charge < -0.3 is 10.6 Å². The number of benzene rings is 1. The maximum Gasteiger partial charge on any atom is 0.103 e. The number of hydrogen-bond acceptors (Lipinski definition) is 3. The fraction of sp³-hybridized carbons (Fsp3) is 0.462. The summed E-state index contributed by atoms with van der Waals surface area (Å²) in [5, 5.41) is 15.9. The first-order valence-electron chi connectivity index (χ1n) is 5.97. The van der Waals surface area contributed by atoms with Crippen LogP contribution in [0.3, 0.4) is 0 Å². The van der Waals surface area contributed by atoms with E-state index in [1.54, 1.807) is 0 Å². The van der Waals surface area contributed by atoms with E-state index in [0.29, 0.717) is 11.6 Å². The van der Waals surface area contributed by atoms with E-state index in [4.69, 9.17) is 5.26 Å². The van der Waals surface area contributed by atoms with Gasteiger partial charge in [0.1, 0.15) is 6.07 Å². The Morgan fingerprint density at radius 1 is 1.53 bits per heavy atom. The van der Waals surface area contributed by atoms with Crippen molar-refractivity contribution in [1.29, 1.82) is 5.26 Å². The Kier molecular flexibility index (Phi) is 4.41. The van der Waals surface area contributed by atoms with E-state index in [1.165, 1.54) is 12.8 Å². The molecule has 2 N–H and O–H groups in total. The smallest absolute Gasteiger partial charge is 0.103 e. The standard InChI is InChI=1S/C13H16BrN3/c14-12-4-1-5-13(11(12)9-15)17-8-6-10-3-2-7-16-10/h1,4-5,10,16-17H,2-3,6-8H2/t10-/m1/s1. The van der Waals surface area contributed by atoms with E-state index in [0.717, 1.165) is 29.7 Å². The van der Waals surface area contributed by atoms with Crippen molar-refractivity contribution < 1.29 is 0 Å². The van der Waals surface area contributed by atoms with Crippen molar-refractivity contribution >= 4 is 21.6 Å². The third-order valence-corrected chi connectivity index (χ3v) is 3.76. The first-order valence-corrected chi connectivity index (χ1v) is 6.76. The molecule has 0 unspecified atom stereocenters. The summed E-state index contributed by atoms with van der Waals surface area (Å²) in [7, 11) is 0. The molecule has 0 saturated carbocycles. The highest BCUT2D eigenvalue weighted by Gasteiger charge is 2.13. The molecule has 0 radical (unpaired) electrons. The van der Waals surface area contributed by atoms with Crippen LogP contribution in [-0.2, 0) is 0 Å². The van der Waals surface area contributed by atoms with Gasteiger partial charge in [0.25, 0.3) is 0 Å². The number of hydrogen-bond donors (Lipinski definition) is 2. The quantitative estimate of drug-likeness (QED) is 0.897. The molecule has 0 aliphatic carbocycles. The molecule has 1 aromatic carbocycles. The maximum absolute atomic E-state index is 9.08. The van der Waals surface area contributed by atoms with Crippen LogP contribution in [0.4, 0.5) is 5.69 Å². The fourth-order valence-electron chi connectivity index (χ4n) is 2.17. The highest BCUT2D eigenvalue weighted by molar-refractivity contribution is 9.10. The third kappa shape index (κ3) is 3.21. The van der Waals surface area contributed by atoms with Crippen molar-refractivity contribution in [2.24, 2.45) is 0 Å². The molecule has 1 heterocycles. The molecule has 4 heteroatoms. The fourth-order valence-corrected chi connectivity index (χ4v) is 2.62. The van der Waals surface area contributed by atoms with Gasteiger partial charge in [-0.3, -0.25) is 0 Å². The van der Waals surface area contributed by atoms with Gasteiger partial charge in [0, 0.05) is 17.1 Å². The summed E-state index contributed by atoms with van der Waals surface area (Å²) in [6.07, 6.45) is 3.66. The third-order valence-electron chi connectivity index (χ3n) is 3.10. The zero-order valence-electron chi connectivity index (χ0n) is 9.67. The monoisotopic (exact) mass is 293 g/mol. The van der Waals surface area contributed by atoms with Crippen molar-refractivity contribution in [3.63, 3.8) is 0 Å². The van der Waals surface area contributed by atoms with Crippen LogP contribution >= 0.6 is 15.9 Å². The maximum atomic E-state index is 9.08. The van der Waals surface area contributed by atoms with Crippen molar-refractivity contribution in [2.45, 2.75) is 25.3 Å². The lowest BCUT2D eigenvalue weighted by molar-refractivity contribution is 0.574. The topological polar surface area (TPSA) is 47.9 Å². The molecule has 0 spiro atoms. The van der Waals surface area contributed by atoms with Gasteiger partial charge in [0.05, 0.1) is 11.3 Å². The first-order chi connectivity index (χ1) is 8.31. The molecule has 17 heavy (non-hydrogen) atoms. The van der Waals surface area contributed by atoms with Crippen LogP contribution in [0.15, 0.2) is 22.7 Å². The number of nitrogens with one attached hydrogen (secondary N) is 2. The van der Waals surface area contributed by atoms with Gasteiger partial charge in [-0.25, -0.2) is 0 Å². The van der Waals surface area contributed by atoms with E-state index in [-0.39, 0.29) is 0 Å². The Morgan fingerprint density at radius 2 is 2.41 bits per heavy atom. The molecule has 1 aliphatic heterocycles. The summed E-state index contributed by atoms with van der Waals surface area (Å²) >= 11 is 3.39. The van der Waals surface area contributed by atoms with Gasteiger partial charge >= 0.3 is 0 Å². The highest BCUT2D eigenvalue weighted by Crippen LogP contribution is 2.23. The predicted octanol–water partition coefficient (Wildman–Crippen LogP) is 2.87. The minimum absolute atomic E-state index is 0.639. The summed E-state index contributed by atoms with van der Waals surface area (Å²) in [6.45, 7) is 2.05. The second-order valence-corrected chi connectivity index (χ2v) is 5.14. The summed E-state index contributed by atoms with van der Waals surface area (Å²) < 4.78 is 0.851. The van der Waals surface area contributed by atoms with Crippen LogP contribution < -0.4 is 10.6 Å². The van der Waals surface area contributed by atoms with Crippen LogP contribution in [0.2, 0.25) is 0 Å². The Labute approximate surface area is 110 Å². The lowest BCUT2D eigenvalue weighted by atomic mass is 10.1. The van der Waals surface area contributed by atoms with Crippen molar-refractivity contribution in [3.05, 3.63) is 28.2 Å². The van der Waals surface area contributed by atoms with Gasteiger partial charge in [-0.1, -0.05) is 6.07 Å². The molecule has 1 fully saturated rings. The van der Waals surface area contributed by atoms with Gasteiger partial charge in [0.2, 0.25) is 0 Å². The average Bonchev–Trinajstić information content (AvgIpc) is 2.82. The Balaban J connectivity index is 1.90. The Morgan fingerprint density at radius 3 is 3.12 bits per heavy atom. The minimum atomic E-state index is 0.639. The highest BCUT2D eigenvalue weighted by atomic mass is 79.9. The number of halogens is 1. The van der Waals surface area contributed by atoms with Gasteiger partial charge in [0.15, 0.2) is 0 Å². The molecule has 0 aromatic heterocycles. The number of anilines is 1. The van der Waals surface area contributed by atoms with Crippen LogP contribution in [-0.4, -0.2) is 19.1 Å². The predicted molar refractivity (Wildman–Crippen MR) is 73.0 cm³/mol. The second kappa shape index (κ2) is 6.04. The normalized spacial score (nSPS) is 18.9. The van der Waals surface area contributed by atoms with E-state index >= 15 is 0 Å². The molecule has 1 saturated heterocycles. The van der Waals surface area contributed by atoms with Crippen LogP contribution in [0.25, 0.3) is 0 Å². The molecule has 0 amide bonds. The zero-order chi connectivity index (χ0) is 12.1. The first kappa shape index (κ1) is 12.4. The summed E-state index contributed by atoms with van der Waals surface area (Å²) in [6, 6.07) is 8.64. The lowest BCUT2D eigenvalue weighted by Crippen LogP contribution is -2.24. The van der Waals surface area contributed by atoms with Crippen molar-refractivity contribution in [1.82, 2.24) is 5.32 Å². The van der Waals surface area contributed by atoms with Crippen molar-refractivity contribution in [3.8, 4) is 6.07 Å². The molecule has 1 aromatic rings. The summed E-state index contributed by atoms with van der Waals surface area (Å²) in [5.74, 6) is 0. The van der Waals surface area contributed by atoms with Crippen LogP contribution in [0.1, 0.15) is 24.8 Å². The number of nitrogens with zero attached hydrogens (tertiary/aromatic N) is 1.